The zero-order valence-corrected chi connectivity index (χ0v) is 9.91. The molecule has 0 bridgehead atoms. The summed E-state index contributed by atoms with van der Waals surface area (Å²) in [6.07, 6.45) is 0.903. The third kappa shape index (κ3) is 2.86. The first-order valence-corrected chi connectivity index (χ1v) is 5.37. The number of pyridine rings is 1. The molecule has 102 valence electrons. The zero-order valence-electron chi connectivity index (χ0n) is 9.91. The van der Waals surface area contributed by atoms with Crippen LogP contribution in [0.25, 0.3) is 0 Å². The lowest BCUT2D eigenvalue weighted by Crippen LogP contribution is -2.13. The maximum atomic E-state index is 12.7. The van der Waals surface area contributed by atoms with E-state index in [0.29, 0.717) is 0 Å². The maximum absolute atomic E-state index is 12.7. The highest BCUT2D eigenvalue weighted by Gasteiger charge is 2.14. The SMILES string of the molecule is O=C(Nc1ncc([N+](=O)[O-])cc1O)c1ccc(F)cc1. The maximum Gasteiger partial charge on any atom is 0.291 e. The normalized spacial score (nSPS) is 10.1. The molecule has 0 radical (unpaired) electrons. The van der Waals surface area contributed by atoms with Crippen molar-refractivity contribution in [3.63, 3.8) is 0 Å². The minimum Gasteiger partial charge on any atom is -0.504 e. The molecule has 1 amide bonds. The molecular weight excluding hydrogens is 269 g/mol. The lowest BCUT2D eigenvalue weighted by molar-refractivity contribution is -0.385. The van der Waals surface area contributed by atoms with Crippen LogP contribution in [0.2, 0.25) is 0 Å². The van der Waals surface area contributed by atoms with E-state index in [1.165, 1.54) is 12.1 Å². The lowest BCUT2D eigenvalue weighted by atomic mass is 10.2. The van der Waals surface area contributed by atoms with Gasteiger partial charge in [-0.1, -0.05) is 0 Å². The number of hydrogen-bond acceptors (Lipinski definition) is 5. The van der Waals surface area contributed by atoms with Gasteiger partial charge in [-0.25, -0.2) is 9.37 Å². The highest BCUT2D eigenvalue weighted by atomic mass is 19.1. The van der Waals surface area contributed by atoms with E-state index in [2.05, 4.69) is 10.3 Å². The van der Waals surface area contributed by atoms with Crippen LogP contribution in [0.15, 0.2) is 36.5 Å². The predicted octanol–water partition coefficient (Wildman–Crippen LogP) is 2.09. The van der Waals surface area contributed by atoms with Gasteiger partial charge >= 0.3 is 0 Å². The summed E-state index contributed by atoms with van der Waals surface area (Å²) in [5.41, 5.74) is -0.242. The summed E-state index contributed by atoms with van der Waals surface area (Å²) in [6.45, 7) is 0. The summed E-state index contributed by atoms with van der Waals surface area (Å²) in [7, 11) is 0. The minimum atomic E-state index is -0.724. The van der Waals surface area contributed by atoms with E-state index in [9.17, 15) is 24.4 Å². The summed E-state index contributed by atoms with van der Waals surface area (Å²) in [5.74, 6) is -1.86. The van der Waals surface area contributed by atoms with Crippen molar-refractivity contribution in [3.8, 4) is 5.75 Å². The topological polar surface area (TPSA) is 105 Å². The fourth-order valence-corrected chi connectivity index (χ4v) is 1.42. The number of carbonyl (C=O) groups is 1. The number of nitro groups is 1. The average Bonchev–Trinajstić information content (AvgIpc) is 2.41. The Labute approximate surface area is 111 Å². The van der Waals surface area contributed by atoms with Crippen molar-refractivity contribution in [3.05, 3.63) is 58.0 Å². The molecule has 1 aromatic heterocycles. The Morgan fingerprint density at radius 2 is 2.00 bits per heavy atom. The summed E-state index contributed by atoms with van der Waals surface area (Å²) in [5, 5.41) is 22.3. The number of carbonyl (C=O) groups excluding carboxylic acids is 1. The number of benzene rings is 1. The van der Waals surface area contributed by atoms with Gasteiger partial charge in [-0.05, 0) is 24.3 Å². The summed E-state index contributed by atoms with van der Waals surface area (Å²) in [4.78, 5) is 25.1. The molecule has 1 aromatic carbocycles. The number of aromatic nitrogens is 1. The number of amides is 1. The van der Waals surface area contributed by atoms with Gasteiger partial charge in [-0.2, -0.15) is 0 Å². The second-order valence-electron chi connectivity index (χ2n) is 3.78. The summed E-state index contributed by atoms with van der Waals surface area (Å²) >= 11 is 0. The van der Waals surface area contributed by atoms with Crippen LogP contribution in [0.1, 0.15) is 10.4 Å². The fourth-order valence-electron chi connectivity index (χ4n) is 1.42. The zero-order chi connectivity index (χ0) is 14.7. The number of hydrogen-bond donors (Lipinski definition) is 2. The molecule has 8 heteroatoms. The molecule has 20 heavy (non-hydrogen) atoms. The van der Waals surface area contributed by atoms with Crippen LogP contribution in [-0.2, 0) is 0 Å². The summed E-state index contributed by atoms with van der Waals surface area (Å²) < 4.78 is 12.7. The van der Waals surface area contributed by atoms with Crippen molar-refractivity contribution in [2.75, 3.05) is 5.32 Å². The molecule has 0 spiro atoms. The molecule has 0 aliphatic rings. The first kappa shape index (κ1) is 13.4. The Bertz CT molecular complexity index is 673. The Balaban J connectivity index is 2.19. The quantitative estimate of drug-likeness (QED) is 0.660. The second-order valence-corrected chi connectivity index (χ2v) is 3.78. The fraction of sp³-hybridized carbons (Fsp3) is 0. The number of halogens is 1. The highest BCUT2D eigenvalue weighted by molar-refractivity contribution is 6.04. The molecule has 2 rings (SSSR count). The molecule has 2 N–H and O–H groups in total. The molecule has 7 nitrogen and oxygen atoms in total. The van der Waals surface area contributed by atoms with E-state index in [-0.39, 0.29) is 11.4 Å². The van der Waals surface area contributed by atoms with Crippen LogP contribution >= 0.6 is 0 Å². The molecule has 2 aromatic rings. The van der Waals surface area contributed by atoms with Crippen LogP contribution in [0.5, 0.6) is 5.75 Å². The van der Waals surface area contributed by atoms with E-state index < -0.39 is 28.1 Å². The van der Waals surface area contributed by atoms with E-state index in [0.717, 1.165) is 24.4 Å². The smallest absolute Gasteiger partial charge is 0.291 e. The van der Waals surface area contributed by atoms with Crippen molar-refractivity contribution in [2.24, 2.45) is 0 Å². The first-order chi connectivity index (χ1) is 9.47. The van der Waals surface area contributed by atoms with Crippen LogP contribution < -0.4 is 5.32 Å². The Morgan fingerprint density at radius 3 is 2.55 bits per heavy atom. The van der Waals surface area contributed by atoms with Crippen molar-refractivity contribution in [1.29, 1.82) is 0 Å². The summed E-state index contributed by atoms with van der Waals surface area (Å²) in [6, 6.07) is 5.60. The van der Waals surface area contributed by atoms with Gasteiger partial charge in [-0.3, -0.25) is 14.9 Å². The predicted molar refractivity (Wildman–Crippen MR) is 66.9 cm³/mol. The Hall–Kier alpha value is -3.03. The molecule has 0 aliphatic heterocycles. The van der Waals surface area contributed by atoms with E-state index in [4.69, 9.17) is 0 Å². The Kier molecular flexibility index (Phi) is 3.56. The van der Waals surface area contributed by atoms with Crippen LogP contribution in [0.4, 0.5) is 15.9 Å². The number of anilines is 1. The molecule has 0 unspecified atom stereocenters. The van der Waals surface area contributed by atoms with Gasteiger partial charge in [-0.15, -0.1) is 0 Å². The molecule has 0 aliphatic carbocycles. The van der Waals surface area contributed by atoms with Gasteiger partial charge in [0, 0.05) is 5.56 Å². The molecule has 0 saturated heterocycles. The van der Waals surface area contributed by atoms with Gasteiger partial charge in [0.25, 0.3) is 11.6 Å². The lowest BCUT2D eigenvalue weighted by Gasteiger charge is -2.06. The van der Waals surface area contributed by atoms with Crippen molar-refractivity contribution < 1.29 is 19.2 Å². The van der Waals surface area contributed by atoms with Crippen molar-refractivity contribution in [2.45, 2.75) is 0 Å². The number of nitrogens with zero attached hydrogens (tertiary/aromatic N) is 2. The van der Waals surface area contributed by atoms with E-state index >= 15 is 0 Å². The molecule has 0 fully saturated rings. The van der Waals surface area contributed by atoms with Gasteiger partial charge in [0.1, 0.15) is 12.0 Å². The third-order valence-corrected chi connectivity index (χ3v) is 2.40. The molecule has 1 heterocycles. The number of nitrogens with one attached hydrogen (secondary N) is 1. The van der Waals surface area contributed by atoms with Crippen molar-refractivity contribution >= 4 is 17.4 Å². The number of rotatable bonds is 3. The standard InChI is InChI=1S/C12H8FN3O4/c13-8-3-1-7(2-4-8)12(18)15-11-10(17)5-9(6-14-11)16(19)20/h1-6,17H,(H,14,15,18). The molecule has 0 atom stereocenters. The van der Waals surface area contributed by atoms with Gasteiger partial charge in [0.2, 0.25) is 0 Å². The molecule has 0 saturated carbocycles. The average molecular weight is 277 g/mol. The van der Waals surface area contributed by atoms with Crippen molar-refractivity contribution in [1.82, 2.24) is 4.98 Å². The van der Waals surface area contributed by atoms with Gasteiger partial charge in [0.05, 0.1) is 11.0 Å². The Morgan fingerprint density at radius 1 is 1.35 bits per heavy atom. The third-order valence-electron chi connectivity index (χ3n) is 2.40. The highest BCUT2D eigenvalue weighted by Crippen LogP contribution is 2.25. The van der Waals surface area contributed by atoms with E-state index in [1.807, 2.05) is 0 Å². The minimum absolute atomic E-state index is 0.158. The monoisotopic (exact) mass is 277 g/mol. The van der Waals surface area contributed by atoms with Crippen LogP contribution in [0.3, 0.4) is 0 Å². The largest absolute Gasteiger partial charge is 0.504 e. The number of aromatic hydroxyl groups is 1. The second kappa shape index (κ2) is 5.31. The van der Waals surface area contributed by atoms with Gasteiger partial charge in [0.15, 0.2) is 11.6 Å². The van der Waals surface area contributed by atoms with Crippen LogP contribution in [0, 0.1) is 15.9 Å². The molecular formula is C12H8FN3O4. The van der Waals surface area contributed by atoms with Gasteiger partial charge < -0.3 is 10.4 Å². The first-order valence-electron chi connectivity index (χ1n) is 5.37. The van der Waals surface area contributed by atoms with E-state index in [1.54, 1.807) is 0 Å². The van der Waals surface area contributed by atoms with Crippen LogP contribution in [-0.4, -0.2) is 20.9 Å².